The van der Waals surface area contributed by atoms with E-state index >= 15 is 0 Å². The van der Waals surface area contributed by atoms with Crippen LogP contribution in [-0.4, -0.2) is 59.7 Å². The van der Waals surface area contributed by atoms with Gasteiger partial charge in [-0.1, -0.05) is 34.8 Å². The Kier molecular flexibility index (Phi) is 5.78. The van der Waals surface area contributed by atoms with Gasteiger partial charge in [0.15, 0.2) is 4.84 Å². The molecule has 1 fully saturated rings. The average molecular weight is 366 g/mol. The molecular weight excluding hydrogens is 351 g/mol. The molecule has 1 aromatic rings. The molecule has 5 nitrogen and oxygen atoms in total. The average Bonchev–Trinajstić information content (AvgIpc) is 2.53. The molecule has 1 heterocycles. The highest BCUT2D eigenvalue weighted by atomic mass is 35.5. The number of carbonyl (C=O) groups excluding carboxylic acids is 2. The summed E-state index contributed by atoms with van der Waals surface area (Å²) in [4.78, 5) is 26.4. The van der Waals surface area contributed by atoms with Crippen molar-refractivity contribution in [3.05, 3.63) is 28.8 Å². The number of methoxy groups -OCH3 is 1. The van der Waals surface area contributed by atoms with Crippen LogP contribution in [0.4, 0.5) is 0 Å². The van der Waals surface area contributed by atoms with E-state index in [2.05, 4.69) is 0 Å². The molecule has 0 aliphatic carbocycles. The number of rotatable bonds is 3. The van der Waals surface area contributed by atoms with Gasteiger partial charge in [0.05, 0.1) is 12.7 Å². The molecule has 8 heteroatoms. The molecule has 0 unspecified atom stereocenters. The first kappa shape index (κ1) is 17.2. The van der Waals surface area contributed by atoms with Crippen LogP contribution in [0.25, 0.3) is 0 Å². The molecule has 0 radical (unpaired) electrons. The van der Waals surface area contributed by atoms with Gasteiger partial charge in [-0.05, 0) is 18.2 Å². The van der Waals surface area contributed by atoms with Crippen LogP contribution in [0.5, 0.6) is 5.75 Å². The van der Waals surface area contributed by atoms with Crippen molar-refractivity contribution in [3.8, 4) is 5.75 Å². The van der Waals surface area contributed by atoms with E-state index in [0.717, 1.165) is 0 Å². The topological polar surface area (TPSA) is 49.9 Å². The minimum absolute atomic E-state index is 0.181. The summed E-state index contributed by atoms with van der Waals surface area (Å²) in [6.07, 6.45) is 0. The number of amides is 2. The Balaban J connectivity index is 2.07. The van der Waals surface area contributed by atoms with E-state index in [1.165, 1.54) is 7.11 Å². The molecule has 0 N–H and O–H groups in total. The molecule has 0 aromatic heterocycles. The second kappa shape index (κ2) is 7.40. The van der Waals surface area contributed by atoms with E-state index in [-0.39, 0.29) is 11.8 Å². The van der Waals surface area contributed by atoms with Gasteiger partial charge in [-0.25, -0.2) is 0 Å². The fraction of sp³-hybridized carbons (Fsp3) is 0.429. The quantitative estimate of drug-likeness (QED) is 0.773. The number of halogens is 3. The maximum absolute atomic E-state index is 12.6. The van der Waals surface area contributed by atoms with E-state index in [9.17, 15) is 9.59 Å². The van der Waals surface area contributed by atoms with Crippen molar-refractivity contribution in [2.24, 2.45) is 0 Å². The van der Waals surface area contributed by atoms with E-state index in [4.69, 9.17) is 39.5 Å². The number of piperazine rings is 1. The summed E-state index contributed by atoms with van der Waals surface area (Å²) in [6.45, 7) is 1.59. The van der Waals surface area contributed by atoms with Crippen molar-refractivity contribution >= 4 is 46.6 Å². The van der Waals surface area contributed by atoms with Crippen molar-refractivity contribution in [2.75, 3.05) is 33.3 Å². The number of hydrogen-bond donors (Lipinski definition) is 0. The first-order chi connectivity index (χ1) is 10.4. The van der Waals surface area contributed by atoms with Crippen LogP contribution in [0, 0.1) is 0 Å². The highest BCUT2D eigenvalue weighted by Crippen LogP contribution is 2.24. The Hall–Kier alpha value is -1.17. The zero-order chi connectivity index (χ0) is 16.3. The number of carbonyl (C=O) groups is 2. The van der Waals surface area contributed by atoms with Crippen molar-refractivity contribution < 1.29 is 14.3 Å². The second-order valence-corrected chi connectivity index (χ2v) is 6.30. The summed E-state index contributed by atoms with van der Waals surface area (Å²) in [5.41, 5.74) is 0.405. The molecule has 1 saturated heterocycles. The summed E-state index contributed by atoms with van der Waals surface area (Å²) >= 11 is 17.1. The fourth-order valence-corrected chi connectivity index (χ4v) is 2.73. The zero-order valence-electron chi connectivity index (χ0n) is 11.9. The van der Waals surface area contributed by atoms with Gasteiger partial charge in [-0.2, -0.15) is 0 Å². The van der Waals surface area contributed by atoms with Crippen LogP contribution >= 0.6 is 34.8 Å². The predicted molar refractivity (Wildman–Crippen MR) is 86.0 cm³/mol. The van der Waals surface area contributed by atoms with Crippen molar-refractivity contribution in [1.29, 1.82) is 0 Å². The normalized spacial score (nSPS) is 15.1. The molecule has 1 aromatic carbocycles. The van der Waals surface area contributed by atoms with E-state index < -0.39 is 4.84 Å². The molecule has 120 valence electrons. The van der Waals surface area contributed by atoms with Crippen molar-refractivity contribution in [1.82, 2.24) is 9.80 Å². The highest BCUT2D eigenvalue weighted by molar-refractivity contribution is 6.53. The highest BCUT2D eigenvalue weighted by Gasteiger charge is 2.28. The van der Waals surface area contributed by atoms with Gasteiger partial charge >= 0.3 is 0 Å². The lowest BCUT2D eigenvalue weighted by Crippen LogP contribution is -2.51. The molecule has 0 atom stereocenters. The lowest BCUT2D eigenvalue weighted by Gasteiger charge is -2.35. The molecule has 22 heavy (non-hydrogen) atoms. The van der Waals surface area contributed by atoms with Crippen LogP contribution in [0.15, 0.2) is 18.2 Å². The molecule has 1 aliphatic rings. The summed E-state index contributed by atoms with van der Waals surface area (Å²) in [6, 6.07) is 4.89. The van der Waals surface area contributed by atoms with E-state index in [1.54, 1.807) is 28.0 Å². The van der Waals surface area contributed by atoms with Crippen LogP contribution in [0.1, 0.15) is 10.4 Å². The maximum Gasteiger partial charge on any atom is 0.257 e. The lowest BCUT2D eigenvalue weighted by molar-refractivity contribution is -0.130. The number of hydrogen-bond acceptors (Lipinski definition) is 3. The lowest BCUT2D eigenvalue weighted by atomic mass is 10.1. The largest absolute Gasteiger partial charge is 0.496 e. The smallest absolute Gasteiger partial charge is 0.257 e. The molecule has 0 bridgehead atoms. The number of benzene rings is 1. The maximum atomic E-state index is 12.6. The van der Waals surface area contributed by atoms with E-state index in [1.807, 2.05) is 0 Å². The van der Waals surface area contributed by atoms with Gasteiger partial charge in [0.2, 0.25) is 0 Å². The second-order valence-electron chi connectivity index (χ2n) is 4.76. The third-order valence-corrected chi connectivity index (χ3v) is 4.07. The van der Waals surface area contributed by atoms with Gasteiger partial charge in [0.1, 0.15) is 5.75 Å². The van der Waals surface area contributed by atoms with Gasteiger partial charge in [0.25, 0.3) is 11.8 Å². The Labute approximate surface area is 143 Å². The number of nitrogens with zero attached hydrogens (tertiary/aromatic N) is 2. The Morgan fingerprint density at radius 1 is 1.14 bits per heavy atom. The van der Waals surface area contributed by atoms with Crippen LogP contribution < -0.4 is 4.74 Å². The first-order valence-corrected chi connectivity index (χ1v) is 7.89. The monoisotopic (exact) mass is 364 g/mol. The van der Waals surface area contributed by atoms with Gasteiger partial charge < -0.3 is 14.5 Å². The van der Waals surface area contributed by atoms with Crippen molar-refractivity contribution in [2.45, 2.75) is 4.84 Å². The third-order valence-electron chi connectivity index (χ3n) is 3.46. The minimum atomic E-state index is -1.07. The molecular formula is C14H15Cl3N2O3. The fourth-order valence-electron chi connectivity index (χ4n) is 2.29. The third kappa shape index (κ3) is 3.77. The molecule has 0 saturated carbocycles. The molecule has 1 aliphatic heterocycles. The Bertz CT molecular complexity index is 572. The van der Waals surface area contributed by atoms with Gasteiger partial charge in [0, 0.05) is 31.2 Å². The Morgan fingerprint density at radius 3 is 2.27 bits per heavy atom. The number of alkyl halides is 2. The summed E-state index contributed by atoms with van der Waals surface area (Å²) in [7, 11) is 1.50. The SMILES string of the molecule is COc1ccc(Cl)cc1C(=O)N1CCN(C(=O)C(Cl)Cl)CC1. The van der Waals surface area contributed by atoms with E-state index in [0.29, 0.717) is 42.5 Å². The van der Waals surface area contributed by atoms with Crippen LogP contribution in [0.2, 0.25) is 5.02 Å². The van der Waals surface area contributed by atoms with Gasteiger partial charge in [-0.15, -0.1) is 0 Å². The summed E-state index contributed by atoms with van der Waals surface area (Å²) in [5, 5.41) is 0.463. The molecule has 2 amide bonds. The van der Waals surface area contributed by atoms with Crippen molar-refractivity contribution in [3.63, 3.8) is 0 Å². The number of ether oxygens (including phenoxy) is 1. The van der Waals surface area contributed by atoms with Crippen LogP contribution in [0.3, 0.4) is 0 Å². The van der Waals surface area contributed by atoms with Gasteiger partial charge in [-0.3, -0.25) is 9.59 Å². The van der Waals surface area contributed by atoms with Crippen LogP contribution in [-0.2, 0) is 4.79 Å². The predicted octanol–water partition coefficient (Wildman–Crippen LogP) is 2.44. The standard InChI is InChI=1S/C14H15Cl3N2O3/c1-22-11-3-2-9(15)8-10(11)13(20)18-4-6-19(7-5-18)14(21)12(16)17/h2-3,8,12H,4-7H2,1H3. The summed E-state index contributed by atoms with van der Waals surface area (Å²) in [5.74, 6) is -0.0509. The molecule has 0 spiro atoms. The summed E-state index contributed by atoms with van der Waals surface area (Å²) < 4.78 is 5.20. The zero-order valence-corrected chi connectivity index (χ0v) is 14.2. The Morgan fingerprint density at radius 2 is 1.73 bits per heavy atom. The molecule has 2 rings (SSSR count). The minimum Gasteiger partial charge on any atom is -0.496 e. The first-order valence-electron chi connectivity index (χ1n) is 6.63.